The zero-order valence-corrected chi connectivity index (χ0v) is 22.4. The molecule has 1 aliphatic heterocycles. The fourth-order valence-corrected chi connectivity index (χ4v) is 5.99. The molecule has 1 heterocycles. The summed E-state index contributed by atoms with van der Waals surface area (Å²) in [5, 5.41) is 1.27. The van der Waals surface area contributed by atoms with Crippen LogP contribution in [-0.4, -0.2) is 78.8 Å². The fourth-order valence-electron chi connectivity index (χ4n) is 4.13. The summed E-state index contributed by atoms with van der Waals surface area (Å²) in [4.78, 5) is 2.52. The van der Waals surface area contributed by atoms with Crippen LogP contribution in [0.5, 0.6) is 0 Å². The minimum Gasteiger partial charge on any atom is -0.379 e. The lowest BCUT2D eigenvalue weighted by molar-refractivity contribution is 0.0162. The SMILES string of the molecule is CN1Cc2c(Cl)cc(Cl)cc2[C@H](c2ccc(S(=O)(=O)CCCOCCOCCOCCN)cc2)C1. The lowest BCUT2D eigenvalue weighted by Crippen LogP contribution is -2.31. The van der Waals surface area contributed by atoms with Crippen LogP contribution >= 0.6 is 23.2 Å². The Balaban J connectivity index is 1.49. The molecular weight excluding hydrogens is 511 g/mol. The third kappa shape index (κ3) is 8.40. The first-order valence-electron chi connectivity index (χ1n) is 11.7. The molecule has 0 aromatic heterocycles. The normalized spacial score (nSPS) is 16.4. The van der Waals surface area contributed by atoms with E-state index in [0.717, 1.165) is 29.8 Å². The molecule has 2 aromatic carbocycles. The molecule has 0 radical (unpaired) electrons. The predicted molar refractivity (Wildman–Crippen MR) is 139 cm³/mol. The van der Waals surface area contributed by atoms with Crippen LogP contribution in [0.15, 0.2) is 41.3 Å². The number of hydrogen-bond acceptors (Lipinski definition) is 7. The van der Waals surface area contributed by atoms with E-state index in [1.165, 1.54) is 0 Å². The van der Waals surface area contributed by atoms with Gasteiger partial charge < -0.3 is 24.8 Å². The van der Waals surface area contributed by atoms with E-state index < -0.39 is 9.84 Å². The van der Waals surface area contributed by atoms with Gasteiger partial charge in [-0.3, -0.25) is 0 Å². The van der Waals surface area contributed by atoms with E-state index in [-0.39, 0.29) is 11.7 Å². The molecule has 10 heteroatoms. The fraction of sp³-hybridized carbons (Fsp3) is 0.520. The number of rotatable bonds is 14. The molecule has 1 aliphatic rings. The molecule has 1 atom stereocenters. The Bertz CT molecular complexity index is 1050. The van der Waals surface area contributed by atoms with Crippen LogP contribution in [-0.2, 0) is 30.6 Å². The summed E-state index contributed by atoms with van der Waals surface area (Å²) < 4.78 is 41.6. The Morgan fingerprint density at radius 2 is 1.60 bits per heavy atom. The van der Waals surface area contributed by atoms with Gasteiger partial charge in [-0.15, -0.1) is 0 Å². The van der Waals surface area contributed by atoms with Gasteiger partial charge in [0.15, 0.2) is 9.84 Å². The third-order valence-corrected chi connectivity index (χ3v) is 8.21. The molecule has 0 saturated carbocycles. The van der Waals surface area contributed by atoms with Crippen LogP contribution in [0, 0.1) is 0 Å². The second kappa shape index (κ2) is 13.9. The molecule has 2 N–H and O–H groups in total. The smallest absolute Gasteiger partial charge is 0.178 e. The summed E-state index contributed by atoms with van der Waals surface area (Å²) in [6, 6.07) is 10.9. The summed E-state index contributed by atoms with van der Waals surface area (Å²) in [7, 11) is -1.35. The Morgan fingerprint density at radius 3 is 2.26 bits per heavy atom. The van der Waals surface area contributed by atoms with E-state index in [2.05, 4.69) is 4.90 Å². The van der Waals surface area contributed by atoms with Crippen molar-refractivity contribution in [1.29, 1.82) is 0 Å². The Kier molecular flexibility index (Phi) is 11.3. The second-order valence-corrected chi connectivity index (χ2v) is 11.5. The number of halogens is 2. The van der Waals surface area contributed by atoms with E-state index in [0.29, 0.717) is 67.5 Å². The number of nitrogens with two attached hydrogens (primary N) is 1. The molecule has 0 bridgehead atoms. The molecule has 0 saturated heterocycles. The average molecular weight is 546 g/mol. The van der Waals surface area contributed by atoms with Gasteiger partial charge in [0.25, 0.3) is 0 Å². The van der Waals surface area contributed by atoms with E-state index in [4.69, 9.17) is 43.1 Å². The van der Waals surface area contributed by atoms with Crippen molar-refractivity contribution in [2.24, 2.45) is 5.73 Å². The standard InChI is InChI=1S/C25H34Cl2N2O5S/c1-29-17-23(22-15-20(26)16-25(27)24(22)18-29)19-3-5-21(6-4-19)35(30,31)14-2-8-32-10-12-34-13-11-33-9-7-28/h3-6,15-16,23H,2,7-14,17-18,28H2,1H3/t23-/m0/s1. The largest absolute Gasteiger partial charge is 0.379 e. The highest BCUT2D eigenvalue weighted by Gasteiger charge is 2.27. The number of ether oxygens (including phenoxy) is 3. The van der Waals surface area contributed by atoms with Gasteiger partial charge in [-0.05, 0) is 54.4 Å². The van der Waals surface area contributed by atoms with Crippen molar-refractivity contribution in [2.45, 2.75) is 23.8 Å². The Morgan fingerprint density at radius 1 is 0.971 bits per heavy atom. The number of sulfone groups is 1. The maximum absolute atomic E-state index is 12.8. The van der Waals surface area contributed by atoms with Crippen molar-refractivity contribution in [3.63, 3.8) is 0 Å². The summed E-state index contributed by atoms with van der Waals surface area (Å²) in [6.45, 7) is 4.77. The minimum atomic E-state index is -3.39. The zero-order valence-electron chi connectivity index (χ0n) is 20.0. The first-order valence-corrected chi connectivity index (χ1v) is 14.1. The van der Waals surface area contributed by atoms with Crippen LogP contribution < -0.4 is 5.73 Å². The molecular formula is C25H34Cl2N2O5S. The number of benzene rings is 2. The summed E-state index contributed by atoms with van der Waals surface area (Å²) in [5.74, 6) is 0.0971. The molecule has 7 nitrogen and oxygen atoms in total. The predicted octanol–water partition coefficient (Wildman–Crippen LogP) is 3.74. The number of hydrogen-bond donors (Lipinski definition) is 1. The van der Waals surface area contributed by atoms with Crippen LogP contribution in [0.25, 0.3) is 0 Å². The number of nitrogens with zero attached hydrogens (tertiary/aromatic N) is 1. The van der Waals surface area contributed by atoms with Crippen molar-refractivity contribution in [3.05, 3.63) is 63.1 Å². The van der Waals surface area contributed by atoms with Crippen molar-refractivity contribution >= 4 is 33.0 Å². The maximum atomic E-state index is 12.8. The van der Waals surface area contributed by atoms with Gasteiger partial charge in [0.2, 0.25) is 0 Å². The van der Waals surface area contributed by atoms with Crippen LogP contribution in [0.2, 0.25) is 10.0 Å². The minimum absolute atomic E-state index is 0.0281. The first-order chi connectivity index (χ1) is 16.8. The van der Waals surface area contributed by atoms with Crippen LogP contribution in [0.3, 0.4) is 0 Å². The molecule has 0 amide bonds. The van der Waals surface area contributed by atoms with Crippen LogP contribution in [0.1, 0.15) is 29.0 Å². The highest BCUT2D eigenvalue weighted by atomic mass is 35.5. The molecule has 0 aliphatic carbocycles. The average Bonchev–Trinajstić information content (AvgIpc) is 2.83. The lowest BCUT2D eigenvalue weighted by Gasteiger charge is -2.33. The summed E-state index contributed by atoms with van der Waals surface area (Å²) in [6.07, 6.45) is 0.418. The van der Waals surface area contributed by atoms with Crippen LogP contribution in [0.4, 0.5) is 0 Å². The maximum Gasteiger partial charge on any atom is 0.178 e. The Hall–Kier alpha value is -1.23. The van der Waals surface area contributed by atoms with Crippen molar-refractivity contribution in [2.75, 3.05) is 65.5 Å². The topological polar surface area (TPSA) is 91.1 Å². The highest BCUT2D eigenvalue weighted by molar-refractivity contribution is 7.91. The lowest BCUT2D eigenvalue weighted by atomic mass is 9.85. The first kappa shape index (κ1) is 28.3. The van der Waals surface area contributed by atoms with Gasteiger partial charge in [0.05, 0.1) is 43.7 Å². The quantitative estimate of drug-likeness (QED) is 0.362. The van der Waals surface area contributed by atoms with Gasteiger partial charge in [0, 0.05) is 42.2 Å². The van der Waals surface area contributed by atoms with Crippen molar-refractivity contribution in [3.8, 4) is 0 Å². The molecule has 3 rings (SSSR count). The van der Waals surface area contributed by atoms with Gasteiger partial charge in [-0.2, -0.15) is 0 Å². The van der Waals surface area contributed by atoms with Crippen molar-refractivity contribution < 1.29 is 22.6 Å². The molecule has 2 aromatic rings. The van der Waals surface area contributed by atoms with Gasteiger partial charge in [0.1, 0.15) is 0 Å². The second-order valence-electron chi connectivity index (χ2n) is 8.57. The highest BCUT2D eigenvalue weighted by Crippen LogP contribution is 2.38. The molecule has 0 fully saturated rings. The van der Waals surface area contributed by atoms with Gasteiger partial charge >= 0.3 is 0 Å². The summed E-state index contributed by atoms with van der Waals surface area (Å²) >= 11 is 12.7. The van der Waals surface area contributed by atoms with Gasteiger partial charge in [-0.1, -0.05) is 35.3 Å². The summed E-state index contributed by atoms with van der Waals surface area (Å²) in [5.41, 5.74) is 8.53. The van der Waals surface area contributed by atoms with Crippen molar-refractivity contribution in [1.82, 2.24) is 4.90 Å². The Labute approximate surface area is 218 Å². The van der Waals surface area contributed by atoms with E-state index in [9.17, 15) is 8.42 Å². The molecule has 0 spiro atoms. The molecule has 0 unspecified atom stereocenters. The number of fused-ring (bicyclic) bond motifs is 1. The molecule has 194 valence electrons. The van der Waals surface area contributed by atoms with E-state index >= 15 is 0 Å². The molecule has 35 heavy (non-hydrogen) atoms. The zero-order chi connectivity index (χ0) is 25.3. The monoisotopic (exact) mass is 544 g/mol. The van der Waals surface area contributed by atoms with E-state index in [1.807, 2.05) is 25.2 Å². The van der Waals surface area contributed by atoms with Gasteiger partial charge in [-0.25, -0.2) is 8.42 Å². The van der Waals surface area contributed by atoms with E-state index in [1.54, 1.807) is 18.2 Å². The number of likely N-dealkylation sites (N-methyl/N-ethyl adjacent to an activating group) is 1. The third-order valence-electron chi connectivity index (χ3n) is 5.84.